The lowest BCUT2D eigenvalue weighted by atomic mass is 9.95. The fraction of sp³-hybridized carbons (Fsp3) is 0.600. The Kier molecular flexibility index (Phi) is 5.01. The van der Waals surface area contributed by atoms with Gasteiger partial charge in [-0.15, -0.1) is 0 Å². The Morgan fingerprint density at radius 1 is 1.12 bits per heavy atom. The molecule has 3 N–H and O–H groups in total. The van der Waals surface area contributed by atoms with E-state index in [1.165, 1.54) is 22.4 Å². The van der Waals surface area contributed by atoms with E-state index in [1.807, 2.05) is 0 Å². The van der Waals surface area contributed by atoms with Crippen molar-refractivity contribution in [3.8, 4) is 0 Å². The topological polar surface area (TPSA) is 38.0 Å². The van der Waals surface area contributed by atoms with E-state index in [2.05, 4.69) is 52.1 Å². The highest BCUT2D eigenvalue weighted by Crippen LogP contribution is 2.22. The zero-order chi connectivity index (χ0) is 13.0. The quantitative estimate of drug-likeness (QED) is 0.820. The van der Waals surface area contributed by atoms with Gasteiger partial charge in [0, 0.05) is 12.2 Å². The molecule has 0 heterocycles. The van der Waals surface area contributed by atoms with Gasteiger partial charge in [-0.2, -0.15) is 0 Å². The number of aryl methyl sites for hydroxylation is 3. The number of hydrogen-bond donors (Lipinski definition) is 2. The molecule has 2 nitrogen and oxygen atoms in total. The third-order valence-corrected chi connectivity index (χ3v) is 3.46. The number of benzene rings is 1. The molecule has 0 radical (unpaired) electrons. The Hall–Kier alpha value is -1.02. The van der Waals surface area contributed by atoms with Crippen molar-refractivity contribution in [3.05, 3.63) is 28.8 Å². The van der Waals surface area contributed by atoms with Gasteiger partial charge < -0.3 is 11.1 Å². The van der Waals surface area contributed by atoms with Crippen LogP contribution < -0.4 is 11.1 Å². The van der Waals surface area contributed by atoms with Crippen molar-refractivity contribution < 1.29 is 0 Å². The summed E-state index contributed by atoms with van der Waals surface area (Å²) in [5.41, 5.74) is 11.0. The van der Waals surface area contributed by atoms with E-state index >= 15 is 0 Å². The first-order valence-electron chi connectivity index (χ1n) is 6.47. The lowest BCUT2D eigenvalue weighted by molar-refractivity contribution is 0.413. The van der Waals surface area contributed by atoms with Crippen LogP contribution >= 0.6 is 0 Å². The SMILES string of the molecule is Cc1cc(C)c(NCC(CN)C(C)C)c(C)c1. The highest BCUT2D eigenvalue weighted by atomic mass is 14.9. The zero-order valence-corrected chi connectivity index (χ0v) is 11.8. The Balaban J connectivity index is 2.75. The van der Waals surface area contributed by atoms with Crippen molar-refractivity contribution in [2.45, 2.75) is 34.6 Å². The maximum Gasteiger partial charge on any atom is 0.0399 e. The molecule has 0 spiro atoms. The Bertz CT molecular complexity index is 346. The van der Waals surface area contributed by atoms with E-state index in [9.17, 15) is 0 Å². The number of nitrogens with two attached hydrogens (primary N) is 1. The van der Waals surface area contributed by atoms with Gasteiger partial charge in [-0.05, 0) is 50.3 Å². The van der Waals surface area contributed by atoms with Gasteiger partial charge in [0.15, 0.2) is 0 Å². The first kappa shape index (κ1) is 14.0. The predicted molar refractivity (Wildman–Crippen MR) is 76.5 cm³/mol. The summed E-state index contributed by atoms with van der Waals surface area (Å²) in [6.07, 6.45) is 0. The number of rotatable bonds is 5. The second-order valence-electron chi connectivity index (χ2n) is 5.39. The standard InChI is InChI=1S/C15H26N2/c1-10(2)14(8-16)9-17-15-12(4)6-11(3)7-13(15)5/h6-7,10,14,17H,8-9,16H2,1-5H3. The van der Waals surface area contributed by atoms with Crippen LogP contribution in [0.5, 0.6) is 0 Å². The first-order chi connectivity index (χ1) is 7.95. The first-order valence-corrected chi connectivity index (χ1v) is 6.47. The molecule has 0 bridgehead atoms. The summed E-state index contributed by atoms with van der Waals surface area (Å²) < 4.78 is 0. The monoisotopic (exact) mass is 234 g/mol. The van der Waals surface area contributed by atoms with Crippen LogP contribution in [-0.4, -0.2) is 13.1 Å². The van der Waals surface area contributed by atoms with Crippen molar-refractivity contribution >= 4 is 5.69 Å². The molecule has 1 atom stereocenters. The van der Waals surface area contributed by atoms with Gasteiger partial charge in [-0.25, -0.2) is 0 Å². The summed E-state index contributed by atoms with van der Waals surface area (Å²) >= 11 is 0. The van der Waals surface area contributed by atoms with Gasteiger partial charge in [0.05, 0.1) is 0 Å². The lowest BCUT2D eigenvalue weighted by Gasteiger charge is -2.22. The third kappa shape index (κ3) is 3.74. The van der Waals surface area contributed by atoms with Crippen LogP contribution in [0.15, 0.2) is 12.1 Å². The smallest absolute Gasteiger partial charge is 0.0399 e. The lowest BCUT2D eigenvalue weighted by Crippen LogP contribution is -2.27. The molecule has 0 saturated heterocycles. The molecule has 1 aromatic rings. The van der Waals surface area contributed by atoms with Crippen molar-refractivity contribution in [2.24, 2.45) is 17.6 Å². The van der Waals surface area contributed by atoms with Crippen molar-refractivity contribution in [3.63, 3.8) is 0 Å². The van der Waals surface area contributed by atoms with Gasteiger partial charge >= 0.3 is 0 Å². The van der Waals surface area contributed by atoms with Crippen LogP contribution in [0.25, 0.3) is 0 Å². The maximum absolute atomic E-state index is 5.80. The third-order valence-electron chi connectivity index (χ3n) is 3.46. The van der Waals surface area contributed by atoms with Gasteiger partial charge in [0.25, 0.3) is 0 Å². The normalized spacial score (nSPS) is 12.9. The second kappa shape index (κ2) is 6.06. The van der Waals surface area contributed by atoms with Crippen molar-refractivity contribution in [2.75, 3.05) is 18.4 Å². The number of anilines is 1. The fourth-order valence-corrected chi connectivity index (χ4v) is 2.28. The van der Waals surface area contributed by atoms with Crippen LogP contribution in [0.2, 0.25) is 0 Å². The van der Waals surface area contributed by atoms with Gasteiger partial charge in [0.1, 0.15) is 0 Å². The van der Waals surface area contributed by atoms with Gasteiger partial charge in [-0.3, -0.25) is 0 Å². The largest absolute Gasteiger partial charge is 0.384 e. The average molecular weight is 234 g/mol. The molecular weight excluding hydrogens is 208 g/mol. The second-order valence-corrected chi connectivity index (χ2v) is 5.39. The van der Waals surface area contributed by atoms with Crippen LogP contribution in [0.4, 0.5) is 5.69 Å². The predicted octanol–water partition coefficient (Wildman–Crippen LogP) is 3.25. The van der Waals surface area contributed by atoms with Crippen LogP contribution in [0, 0.1) is 32.6 Å². The minimum atomic E-state index is 0.537. The van der Waals surface area contributed by atoms with Crippen LogP contribution in [0.3, 0.4) is 0 Å². The Labute approximate surface area is 106 Å². The molecule has 96 valence electrons. The summed E-state index contributed by atoms with van der Waals surface area (Å²) in [5.74, 6) is 1.16. The Morgan fingerprint density at radius 2 is 1.65 bits per heavy atom. The molecule has 0 saturated carbocycles. The Morgan fingerprint density at radius 3 is 2.06 bits per heavy atom. The van der Waals surface area contributed by atoms with Crippen LogP contribution in [-0.2, 0) is 0 Å². The maximum atomic E-state index is 5.80. The van der Waals surface area contributed by atoms with Gasteiger partial charge in [0.2, 0.25) is 0 Å². The van der Waals surface area contributed by atoms with Crippen LogP contribution in [0.1, 0.15) is 30.5 Å². The molecule has 17 heavy (non-hydrogen) atoms. The van der Waals surface area contributed by atoms with Gasteiger partial charge in [-0.1, -0.05) is 31.5 Å². The van der Waals surface area contributed by atoms with Crippen molar-refractivity contribution in [1.82, 2.24) is 0 Å². The van der Waals surface area contributed by atoms with E-state index in [-0.39, 0.29) is 0 Å². The molecule has 0 amide bonds. The summed E-state index contributed by atoms with van der Waals surface area (Å²) in [6, 6.07) is 4.45. The molecule has 1 unspecified atom stereocenters. The summed E-state index contributed by atoms with van der Waals surface area (Å²) in [5, 5.41) is 3.56. The summed E-state index contributed by atoms with van der Waals surface area (Å²) in [7, 11) is 0. The molecule has 0 fully saturated rings. The average Bonchev–Trinajstić information content (AvgIpc) is 2.21. The minimum absolute atomic E-state index is 0.537. The minimum Gasteiger partial charge on any atom is -0.384 e. The molecule has 2 heteroatoms. The van der Waals surface area contributed by atoms with E-state index in [0.717, 1.165) is 13.1 Å². The number of nitrogens with one attached hydrogen (secondary N) is 1. The zero-order valence-electron chi connectivity index (χ0n) is 11.8. The van der Waals surface area contributed by atoms with E-state index in [0.29, 0.717) is 11.8 Å². The fourth-order valence-electron chi connectivity index (χ4n) is 2.28. The molecule has 0 aromatic heterocycles. The van der Waals surface area contributed by atoms with E-state index in [4.69, 9.17) is 5.73 Å². The highest BCUT2D eigenvalue weighted by molar-refractivity contribution is 5.58. The highest BCUT2D eigenvalue weighted by Gasteiger charge is 2.12. The number of hydrogen-bond acceptors (Lipinski definition) is 2. The van der Waals surface area contributed by atoms with E-state index in [1.54, 1.807) is 0 Å². The van der Waals surface area contributed by atoms with E-state index < -0.39 is 0 Å². The molecule has 1 rings (SSSR count). The summed E-state index contributed by atoms with van der Waals surface area (Å²) in [6.45, 7) is 12.6. The van der Waals surface area contributed by atoms with Crippen molar-refractivity contribution in [1.29, 1.82) is 0 Å². The molecule has 0 aliphatic carbocycles. The molecule has 0 aliphatic rings. The summed E-state index contributed by atoms with van der Waals surface area (Å²) in [4.78, 5) is 0. The molecule has 1 aromatic carbocycles. The molecule has 0 aliphatic heterocycles. The molecular formula is C15H26N2.